The standard InChI is InChI=1S/C15H19NO4/c1-4-16(8-14(17)18)15(19)13-7-11-5-9(2)10(3)6-12(11)20-13/h5-6,13H,4,7-8H2,1-3H3,(H,17,18). The minimum absolute atomic E-state index is 0.263. The molecule has 0 saturated carbocycles. The molecule has 0 radical (unpaired) electrons. The van der Waals surface area contributed by atoms with E-state index in [2.05, 4.69) is 0 Å². The Labute approximate surface area is 118 Å². The van der Waals surface area contributed by atoms with Crippen molar-refractivity contribution in [2.45, 2.75) is 33.3 Å². The van der Waals surface area contributed by atoms with Gasteiger partial charge in [0.1, 0.15) is 12.3 Å². The normalized spacial score (nSPS) is 16.4. The maximum Gasteiger partial charge on any atom is 0.323 e. The fourth-order valence-electron chi connectivity index (χ4n) is 2.36. The smallest absolute Gasteiger partial charge is 0.323 e. The third-order valence-electron chi connectivity index (χ3n) is 3.65. The van der Waals surface area contributed by atoms with Gasteiger partial charge >= 0.3 is 5.97 Å². The van der Waals surface area contributed by atoms with E-state index in [9.17, 15) is 9.59 Å². The summed E-state index contributed by atoms with van der Waals surface area (Å²) >= 11 is 0. The molecule has 1 N–H and O–H groups in total. The summed E-state index contributed by atoms with van der Waals surface area (Å²) in [6, 6.07) is 3.97. The summed E-state index contributed by atoms with van der Waals surface area (Å²) in [5.41, 5.74) is 3.30. The molecular formula is C15H19NO4. The lowest BCUT2D eigenvalue weighted by atomic mass is 10.0. The molecule has 20 heavy (non-hydrogen) atoms. The first-order valence-electron chi connectivity index (χ1n) is 6.69. The van der Waals surface area contributed by atoms with E-state index >= 15 is 0 Å². The lowest BCUT2D eigenvalue weighted by Crippen LogP contribution is -2.43. The number of nitrogens with zero attached hydrogens (tertiary/aromatic N) is 1. The molecule has 108 valence electrons. The highest BCUT2D eigenvalue weighted by Gasteiger charge is 2.32. The molecule has 0 aromatic heterocycles. The summed E-state index contributed by atoms with van der Waals surface area (Å²) in [4.78, 5) is 24.4. The number of fused-ring (bicyclic) bond motifs is 1. The van der Waals surface area contributed by atoms with E-state index in [0.717, 1.165) is 16.9 Å². The zero-order valence-corrected chi connectivity index (χ0v) is 12.0. The van der Waals surface area contributed by atoms with Crippen molar-refractivity contribution in [3.05, 3.63) is 28.8 Å². The van der Waals surface area contributed by atoms with Crippen LogP contribution < -0.4 is 4.74 Å². The Hall–Kier alpha value is -2.04. The number of benzene rings is 1. The largest absolute Gasteiger partial charge is 0.480 e. The second-order valence-corrected chi connectivity index (χ2v) is 5.10. The summed E-state index contributed by atoms with van der Waals surface area (Å²) in [5, 5.41) is 8.82. The van der Waals surface area contributed by atoms with Crippen molar-refractivity contribution >= 4 is 11.9 Å². The monoisotopic (exact) mass is 277 g/mol. The number of amides is 1. The Morgan fingerprint density at radius 3 is 2.60 bits per heavy atom. The lowest BCUT2D eigenvalue weighted by Gasteiger charge is -2.21. The first-order chi connectivity index (χ1) is 9.42. The van der Waals surface area contributed by atoms with Crippen LogP contribution in [0.15, 0.2) is 12.1 Å². The number of hydrogen-bond donors (Lipinski definition) is 1. The van der Waals surface area contributed by atoms with Crippen molar-refractivity contribution in [3.63, 3.8) is 0 Å². The molecule has 1 aliphatic rings. The number of carbonyl (C=O) groups is 2. The first kappa shape index (κ1) is 14.4. The molecule has 0 saturated heterocycles. The SMILES string of the molecule is CCN(CC(=O)O)C(=O)C1Cc2cc(C)c(C)cc2O1. The molecule has 0 bridgehead atoms. The van der Waals surface area contributed by atoms with Crippen molar-refractivity contribution in [2.75, 3.05) is 13.1 Å². The fourth-order valence-corrected chi connectivity index (χ4v) is 2.36. The predicted molar refractivity (Wildman–Crippen MR) is 73.9 cm³/mol. The van der Waals surface area contributed by atoms with Crippen molar-refractivity contribution in [1.29, 1.82) is 0 Å². The summed E-state index contributed by atoms with van der Waals surface area (Å²) in [5.74, 6) is -0.540. The van der Waals surface area contributed by atoms with Gasteiger partial charge in [-0.05, 0) is 43.5 Å². The molecule has 5 nitrogen and oxygen atoms in total. The molecule has 1 aromatic carbocycles. The molecule has 0 fully saturated rings. The molecule has 1 heterocycles. The van der Waals surface area contributed by atoms with Crippen LogP contribution in [-0.4, -0.2) is 41.1 Å². The van der Waals surface area contributed by atoms with E-state index in [1.807, 2.05) is 26.0 Å². The third kappa shape index (κ3) is 2.76. The van der Waals surface area contributed by atoms with Gasteiger partial charge in [-0.2, -0.15) is 0 Å². The molecule has 1 atom stereocenters. The number of hydrogen-bond acceptors (Lipinski definition) is 3. The Kier molecular flexibility index (Phi) is 3.97. The Morgan fingerprint density at radius 2 is 2.00 bits per heavy atom. The van der Waals surface area contributed by atoms with E-state index in [4.69, 9.17) is 9.84 Å². The number of rotatable bonds is 4. The highest BCUT2D eigenvalue weighted by atomic mass is 16.5. The van der Waals surface area contributed by atoms with Crippen LogP contribution in [0.2, 0.25) is 0 Å². The average Bonchev–Trinajstić information content (AvgIpc) is 2.78. The van der Waals surface area contributed by atoms with Gasteiger partial charge in [-0.1, -0.05) is 6.07 Å². The summed E-state index contributed by atoms with van der Waals surface area (Å²) in [6.07, 6.45) is -0.101. The molecule has 5 heteroatoms. The van der Waals surface area contributed by atoms with Gasteiger partial charge in [0.25, 0.3) is 5.91 Å². The molecule has 1 aliphatic heterocycles. The van der Waals surface area contributed by atoms with E-state index in [-0.39, 0.29) is 12.5 Å². The maximum atomic E-state index is 12.3. The molecule has 1 unspecified atom stereocenters. The number of aryl methyl sites for hydroxylation is 2. The van der Waals surface area contributed by atoms with E-state index in [1.165, 1.54) is 10.5 Å². The van der Waals surface area contributed by atoms with Gasteiger partial charge in [-0.3, -0.25) is 9.59 Å². The van der Waals surface area contributed by atoms with E-state index < -0.39 is 12.1 Å². The number of carbonyl (C=O) groups excluding carboxylic acids is 1. The minimum Gasteiger partial charge on any atom is -0.480 e. The predicted octanol–water partition coefficient (Wildman–Crippen LogP) is 1.54. The zero-order valence-electron chi connectivity index (χ0n) is 12.0. The molecule has 0 spiro atoms. The average molecular weight is 277 g/mol. The number of ether oxygens (including phenoxy) is 1. The Balaban J connectivity index is 2.13. The number of aliphatic carboxylic acids is 1. The highest BCUT2D eigenvalue weighted by molar-refractivity contribution is 5.86. The molecule has 1 aromatic rings. The van der Waals surface area contributed by atoms with Gasteiger partial charge < -0.3 is 14.7 Å². The van der Waals surface area contributed by atoms with Crippen molar-refractivity contribution in [2.24, 2.45) is 0 Å². The van der Waals surface area contributed by atoms with Crippen molar-refractivity contribution in [1.82, 2.24) is 4.90 Å². The number of likely N-dealkylation sites (N-methyl/N-ethyl adjacent to an activating group) is 1. The summed E-state index contributed by atoms with van der Waals surface area (Å²) in [7, 11) is 0. The Morgan fingerprint density at radius 1 is 1.35 bits per heavy atom. The van der Waals surface area contributed by atoms with E-state index in [1.54, 1.807) is 6.92 Å². The number of carboxylic acids is 1. The fraction of sp³-hybridized carbons (Fsp3) is 0.467. The van der Waals surface area contributed by atoms with E-state index in [0.29, 0.717) is 13.0 Å². The van der Waals surface area contributed by atoms with Crippen molar-refractivity contribution in [3.8, 4) is 5.75 Å². The van der Waals surface area contributed by atoms with Gasteiger partial charge in [-0.25, -0.2) is 0 Å². The van der Waals surface area contributed by atoms with Gasteiger partial charge in [-0.15, -0.1) is 0 Å². The van der Waals surface area contributed by atoms with Crippen LogP contribution in [0.1, 0.15) is 23.6 Å². The van der Waals surface area contributed by atoms with Crippen LogP contribution in [0.25, 0.3) is 0 Å². The molecular weight excluding hydrogens is 258 g/mol. The maximum absolute atomic E-state index is 12.3. The first-order valence-corrected chi connectivity index (χ1v) is 6.69. The minimum atomic E-state index is -1.01. The van der Waals surface area contributed by atoms with Gasteiger partial charge in [0.2, 0.25) is 0 Å². The zero-order chi connectivity index (χ0) is 14.9. The van der Waals surface area contributed by atoms with Crippen LogP contribution in [0.3, 0.4) is 0 Å². The van der Waals surface area contributed by atoms with Gasteiger partial charge in [0, 0.05) is 13.0 Å². The molecule has 2 rings (SSSR count). The number of carboxylic acid groups (broad SMARTS) is 1. The third-order valence-corrected chi connectivity index (χ3v) is 3.65. The van der Waals surface area contributed by atoms with Crippen LogP contribution >= 0.6 is 0 Å². The highest BCUT2D eigenvalue weighted by Crippen LogP contribution is 2.32. The van der Waals surface area contributed by atoms with Crippen LogP contribution in [0.5, 0.6) is 5.75 Å². The van der Waals surface area contributed by atoms with Crippen LogP contribution in [-0.2, 0) is 16.0 Å². The lowest BCUT2D eigenvalue weighted by molar-refractivity contribution is -0.147. The van der Waals surface area contributed by atoms with Crippen LogP contribution in [0.4, 0.5) is 0 Å². The van der Waals surface area contributed by atoms with Gasteiger partial charge in [0.05, 0.1) is 0 Å². The topological polar surface area (TPSA) is 66.8 Å². The van der Waals surface area contributed by atoms with Crippen molar-refractivity contribution < 1.29 is 19.4 Å². The summed E-state index contributed by atoms with van der Waals surface area (Å²) in [6.45, 7) is 5.85. The second-order valence-electron chi connectivity index (χ2n) is 5.10. The van der Waals surface area contributed by atoms with Gasteiger partial charge in [0.15, 0.2) is 6.10 Å². The second kappa shape index (κ2) is 5.53. The Bertz CT molecular complexity index is 522. The summed E-state index contributed by atoms with van der Waals surface area (Å²) < 4.78 is 5.68. The van der Waals surface area contributed by atoms with Crippen LogP contribution in [0, 0.1) is 13.8 Å². The molecule has 0 aliphatic carbocycles. The quantitative estimate of drug-likeness (QED) is 0.906. The molecule has 1 amide bonds.